The van der Waals surface area contributed by atoms with E-state index in [9.17, 15) is 14.4 Å². The molecule has 0 aromatic carbocycles. The molecule has 1 heterocycles. The van der Waals surface area contributed by atoms with Crippen LogP contribution in [0.3, 0.4) is 0 Å². The standard InChI is InChI=1S/C35H51Cl3N4O7S/c1-21(15-16-27(41-42-39)23(3)17-26-19-50-25(5)40-26)13-12-14-22(2)30(48-32(45)47-20-35(36,37)38)24(4)31(44)34(9,10)28(46-11)18-29(43)49-33(6,7)8/h12-13,15,17,19,22,24,27-28,30H,14,16,18,20H2,1-11H3/b13-12+,21-15-,23-17+/t22-,24+,27-,28-,30-/m0/s1. The normalized spacial score (nSPS) is 16.2. The summed E-state index contributed by atoms with van der Waals surface area (Å²) < 4.78 is 19.9. The van der Waals surface area contributed by atoms with Crippen LogP contribution in [0.25, 0.3) is 16.5 Å². The van der Waals surface area contributed by atoms with E-state index >= 15 is 0 Å². The lowest BCUT2D eigenvalue weighted by Crippen LogP contribution is -2.47. The number of hydrogen-bond donors (Lipinski definition) is 0. The second-order valence-corrected chi connectivity index (χ2v) is 17.4. The van der Waals surface area contributed by atoms with Crippen molar-refractivity contribution in [1.29, 1.82) is 0 Å². The second kappa shape index (κ2) is 20.4. The molecule has 0 radical (unpaired) electrons. The number of azide groups is 1. The molecule has 0 N–H and O–H groups in total. The summed E-state index contributed by atoms with van der Waals surface area (Å²) in [6, 6.07) is -0.387. The van der Waals surface area contributed by atoms with Crippen molar-refractivity contribution in [3.05, 3.63) is 55.9 Å². The van der Waals surface area contributed by atoms with E-state index in [4.69, 9.17) is 59.3 Å². The smallest absolute Gasteiger partial charge is 0.460 e. The number of methoxy groups -OCH3 is 1. The van der Waals surface area contributed by atoms with E-state index in [1.54, 1.807) is 52.9 Å². The molecule has 11 nitrogen and oxygen atoms in total. The molecule has 1 aromatic heterocycles. The minimum Gasteiger partial charge on any atom is -0.460 e. The average molecular weight is 778 g/mol. The molecule has 5 atom stereocenters. The Labute approximate surface area is 315 Å². The Balaban J connectivity index is 3.19. The van der Waals surface area contributed by atoms with Gasteiger partial charge in [0, 0.05) is 17.4 Å². The predicted octanol–water partition coefficient (Wildman–Crippen LogP) is 10.3. The number of thiazole rings is 1. The molecule has 0 aliphatic heterocycles. The molecule has 0 saturated carbocycles. The number of Topliss-reactive ketones (excluding diaryl/α,β-unsaturated/α-hetero) is 1. The van der Waals surface area contributed by atoms with Crippen molar-refractivity contribution in [2.75, 3.05) is 13.7 Å². The zero-order valence-electron chi connectivity index (χ0n) is 30.8. The van der Waals surface area contributed by atoms with Crippen LogP contribution in [0.4, 0.5) is 4.79 Å². The van der Waals surface area contributed by atoms with Gasteiger partial charge >= 0.3 is 12.1 Å². The number of aromatic nitrogens is 1. The first kappa shape index (κ1) is 45.4. The van der Waals surface area contributed by atoms with Gasteiger partial charge in [0.2, 0.25) is 3.79 Å². The van der Waals surface area contributed by atoms with Crippen LogP contribution in [-0.4, -0.2) is 64.3 Å². The highest BCUT2D eigenvalue weighted by Gasteiger charge is 2.45. The van der Waals surface area contributed by atoms with Crippen molar-refractivity contribution >= 4 is 70.1 Å². The molecule has 1 rings (SSSR count). The fraction of sp³-hybridized carbons (Fsp3) is 0.657. The summed E-state index contributed by atoms with van der Waals surface area (Å²) >= 11 is 18.8. The summed E-state index contributed by atoms with van der Waals surface area (Å²) in [6.07, 6.45) is 5.58. The van der Waals surface area contributed by atoms with Crippen LogP contribution in [0, 0.1) is 24.2 Å². The average Bonchev–Trinajstić information content (AvgIpc) is 3.41. The fourth-order valence-corrected chi connectivity index (χ4v) is 5.92. The number of rotatable bonds is 18. The van der Waals surface area contributed by atoms with E-state index in [1.807, 2.05) is 57.4 Å². The largest absolute Gasteiger partial charge is 0.508 e. The fourth-order valence-electron chi connectivity index (χ4n) is 5.19. The molecular weight excluding hydrogens is 727 g/mol. The van der Waals surface area contributed by atoms with Crippen LogP contribution in [0.2, 0.25) is 0 Å². The molecule has 50 heavy (non-hydrogen) atoms. The highest BCUT2D eigenvalue weighted by atomic mass is 35.6. The van der Waals surface area contributed by atoms with E-state index < -0.39 is 51.7 Å². The maximum Gasteiger partial charge on any atom is 0.508 e. The molecule has 15 heteroatoms. The number of esters is 1. The van der Waals surface area contributed by atoms with Gasteiger partial charge in [0.05, 0.1) is 40.6 Å². The number of hydrogen-bond acceptors (Lipinski definition) is 10. The Hall–Kier alpha value is -2.60. The summed E-state index contributed by atoms with van der Waals surface area (Å²) in [7, 11) is 1.42. The monoisotopic (exact) mass is 776 g/mol. The van der Waals surface area contributed by atoms with Crippen molar-refractivity contribution in [2.45, 2.75) is 116 Å². The van der Waals surface area contributed by atoms with Gasteiger partial charge in [-0.3, -0.25) is 9.59 Å². The van der Waals surface area contributed by atoms with Gasteiger partial charge in [-0.05, 0) is 71.9 Å². The number of alkyl halides is 3. The van der Waals surface area contributed by atoms with Crippen molar-refractivity contribution in [3.63, 3.8) is 0 Å². The molecule has 280 valence electrons. The Morgan fingerprint density at radius 1 is 1.10 bits per heavy atom. The maximum atomic E-state index is 14.0. The summed E-state index contributed by atoms with van der Waals surface area (Å²) in [5, 5.41) is 6.86. The summed E-state index contributed by atoms with van der Waals surface area (Å²) in [5.74, 6) is -2.01. The summed E-state index contributed by atoms with van der Waals surface area (Å²) in [6.45, 7) is 17.3. The van der Waals surface area contributed by atoms with Crippen LogP contribution in [0.5, 0.6) is 0 Å². The van der Waals surface area contributed by atoms with Gasteiger partial charge in [-0.15, -0.1) is 11.3 Å². The van der Waals surface area contributed by atoms with Crippen LogP contribution < -0.4 is 0 Å². The van der Waals surface area contributed by atoms with E-state index in [2.05, 4.69) is 15.0 Å². The second-order valence-electron chi connectivity index (χ2n) is 13.8. The van der Waals surface area contributed by atoms with Crippen molar-refractivity contribution in [1.82, 2.24) is 4.98 Å². The highest BCUT2D eigenvalue weighted by Crippen LogP contribution is 2.35. The topological polar surface area (TPSA) is 150 Å². The number of nitrogens with zero attached hydrogens (tertiary/aromatic N) is 4. The summed E-state index contributed by atoms with van der Waals surface area (Å²) in [4.78, 5) is 46.9. The Bertz CT molecular complexity index is 1440. The maximum absolute atomic E-state index is 14.0. The third-order valence-electron chi connectivity index (χ3n) is 7.83. The van der Waals surface area contributed by atoms with Crippen molar-refractivity contribution in [3.8, 4) is 0 Å². The SMILES string of the molecule is CO[C@@H](CC(=O)OC(C)(C)C)C(C)(C)C(=O)[C@H](C)[C@@H](OC(=O)OCC(Cl)(Cl)Cl)[C@@H](C)C/C=C/C(C)=C\C[C@H](N=[N+]=[N-])/C(C)=C/c1csc(C)n1. The van der Waals surface area contributed by atoms with Crippen molar-refractivity contribution in [2.24, 2.45) is 22.4 Å². The van der Waals surface area contributed by atoms with Crippen molar-refractivity contribution < 1.29 is 33.3 Å². The van der Waals surface area contributed by atoms with Gasteiger partial charge in [-0.2, -0.15) is 0 Å². The number of ether oxygens (including phenoxy) is 4. The predicted molar refractivity (Wildman–Crippen MR) is 200 cm³/mol. The number of aryl methyl sites for hydroxylation is 1. The van der Waals surface area contributed by atoms with Gasteiger partial charge in [0.1, 0.15) is 24.1 Å². The molecule has 0 unspecified atom stereocenters. The zero-order chi connectivity index (χ0) is 38.4. The van der Waals surface area contributed by atoms with Crippen LogP contribution in [0.15, 0.2) is 39.9 Å². The van der Waals surface area contributed by atoms with E-state index in [0.29, 0.717) is 12.8 Å². The molecule has 0 spiro atoms. The quantitative estimate of drug-likeness (QED) is 0.0357. The summed E-state index contributed by atoms with van der Waals surface area (Å²) in [5.41, 5.74) is 9.89. The van der Waals surface area contributed by atoms with E-state index in [0.717, 1.165) is 21.8 Å². The lowest BCUT2D eigenvalue weighted by atomic mass is 9.73. The zero-order valence-corrected chi connectivity index (χ0v) is 33.9. The number of ketones is 1. The Kier molecular flexibility index (Phi) is 18.6. The van der Waals surface area contributed by atoms with Gasteiger partial charge in [0.25, 0.3) is 0 Å². The van der Waals surface area contributed by atoms with E-state index in [-0.39, 0.29) is 24.2 Å². The molecule has 1 aromatic rings. The van der Waals surface area contributed by atoms with Gasteiger partial charge in [-0.1, -0.05) is 97.0 Å². The number of carbonyl (C=O) groups excluding carboxylic acids is 3. The van der Waals surface area contributed by atoms with Gasteiger partial charge in [-0.25, -0.2) is 9.78 Å². The first-order valence-electron chi connectivity index (χ1n) is 16.2. The van der Waals surface area contributed by atoms with E-state index in [1.165, 1.54) is 7.11 Å². The van der Waals surface area contributed by atoms with Crippen LogP contribution >= 0.6 is 46.1 Å². The Morgan fingerprint density at radius 3 is 2.26 bits per heavy atom. The lowest BCUT2D eigenvalue weighted by molar-refractivity contribution is -0.161. The third-order valence-corrected chi connectivity index (χ3v) is 8.95. The minimum absolute atomic E-state index is 0.152. The third kappa shape index (κ3) is 16.6. The minimum atomic E-state index is -1.85. The first-order valence-corrected chi connectivity index (χ1v) is 18.2. The molecule has 0 amide bonds. The number of allylic oxidation sites excluding steroid dienone is 3. The van der Waals surface area contributed by atoms with Crippen LogP contribution in [0.1, 0.15) is 92.3 Å². The van der Waals surface area contributed by atoms with Crippen LogP contribution in [-0.2, 0) is 28.5 Å². The molecule has 0 aliphatic carbocycles. The van der Waals surface area contributed by atoms with Gasteiger partial charge < -0.3 is 18.9 Å². The molecule has 0 bridgehead atoms. The molecule has 0 saturated heterocycles. The highest BCUT2D eigenvalue weighted by molar-refractivity contribution is 7.09. The number of halogens is 3. The lowest BCUT2D eigenvalue weighted by Gasteiger charge is -2.37. The molecule has 0 fully saturated rings. The Morgan fingerprint density at radius 2 is 1.74 bits per heavy atom. The molecule has 0 aliphatic rings. The first-order chi connectivity index (χ1) is 23.0. The number of carbonyl (C=O) groups is 3. The van der Waals surface area contributed by atoms with Gasteiger partial charge in [0.15, 0.2) is 0 Å². The molecular formula is C35H51Cl3N4O7S.